The van der Waals surface area contributed by atoms with E-state index in [4.69, 9.17) is 23.2 Å². The van der Waals surface area contributed by atoms with Gasteiger partial charge < -0.3 is 5.32 Å². The van der Waals surface area contributed by atoms with Gasteiger partial charge in [-0.15, -0.1) is 10.1 Å². The minimum absolute atomic E-state index is 0.301. The molecule has 0 unspecified atom stereocenters. The van der Waals surface area contributed by atoms with Crippen LogP contribution in [-0.2, 0) is 4.79 Å². The second kappa shape index (κ2) is 8.69. The molecule has 3 aromatic rings. The van der Waals surface area contributed by atoms with E-state index in [1.165, 1.54) is 0 Å². The minimum Gasteiger partial charge on any atom is -0.334 e. The van der Waals surface area contributed by atoms with Crippen molar-refractivity contribution < 1.29 is 14.3 Å². The van der Waals surface area contributed by atoms with Crippen LogP contribution in [0.15, 0.2) is 78.9 Å². The predicted octanol–water partition coefficient (Wildman–Crippen LogP) is 4.01. The lowest BCUT2D eigenvalue weighted by Gasteiger charge is -2.15. The van der Waals surface area contributed by atoms with Crippen molar-refractivity contribution in [2.45, 2.75) is 12.1 Å². The highest BCUT2D eigenvalue weighted by molar-refractivity contribution is 6.30. The van der Waals surface area contributed by atoms with Gasteiger partial charge >= 0.3 is 5.91 Å². The third-order valence-electron chi connectivity index (χ3n) is 4.83. The van der Waals surface area contributed by atoms with Gasteiger partial charge in [-0.1, -0.05) is 53.5 Å². The van der Waals surface area contributed by atoms with Crippen LogP contribution in [0, 0.1) is 0 Å². The zero-order chi connectivity index (χ0) is 21.1. The van der Waals surface area contributed by atoms with E-state index in [1.807, 2.05) is 48.7 Å². The average molecular weight is 439 g/mol. The molecule has 4 rings (SSSR count). The van der Waals surface area contributed by atoms with Crippen LogP contribution < -0.4 is 10.7 Å². The number of hydrogen-bond donors (Lipinski definition) is 2. The van der Waals surface area contributed by atoms with Crippen LogP contribution in [0.2, 0.25) is 10.0 Å². The van der Waals surface area contributed by atoms with Crippen molar-refractivity contribution in [1.29, 1.82) is 0 Å². The van der Waals surface area contributed by atoms with Gasteiger partial charge in [-0.25, -0.2) is 0 Å². The molecule has 5 nitrogen and oxygen atoms in total. The topological polar surface area (TPSA) is 61.2 Å². The van der Waals surface area contributed by atoms with E-state index in [9.17, 15) is 9.59 Å². The molecule has 7 heteroatoms. The molecular formula is C23H18Cl2N3O2+. The van der Waals surface area contributed by atoms with Crippen molar-refractivity contribution >= 4 is 41.2 Å². The lowest BCUT2D eigenvalue weighted by atomic mass is 10.00. The maximum atomic E-state index is 12.8. The number of hydrogen-bond acceptors (Lipinski definition) is 2. The Morgan fingerprint density at radius 3 is 2.13 bits per heavy atom. The van der Waals surface area contributed by atoms with Gasteiger partial charge in [-0.2, -0.15) is 0 Å². The predicted molar refractivity (Wildman–Crippen MR) is 117 cm³/mol. The van der Waals surface area contributed by atoms with Gasteiger partial charge in [0.15, 0.2) is 6.04 Å². The summed E-state index contributed by atoms with van der Waals surface area (Å²) in [6.07, 6.45) is 1.84. The summed E-state index contributed by atoms with van der Waals surface area (Å²) in [5.41, 5.74) is 5.03. The monoisotopic (exact) mass is 438 g/mol. The second-order valence-corrected chi connectivity index (χ2v) is 7.75. The summed E-state index contributed by atoms with van der Waals surface area (Å²) >= 11 is 11.9. The lowest BCUT2D eigenvalue weighted by Crippen LogP contribution is -2.42. The van der Waals surface area contributed by atoms with Crippen molar-refractivity contribution in [3.05, 3.63) is 106 Å². The zero-order valence-electron chi connectivity index (χ0n) is 15.8. The molecule has 0 aliphatic carbocycles. The number of benzene rings is 3. The molecule has 1 saturated heterocycles. The third kappa shape index (κ3) is 4.37. The fourth-order valence-electron chi connectivity index (χ4n) is 3.37. The minimum atomic E-state index is -0.797. The second-order valence-electron chi connectivity index (χ2n) is 6.88. The summed E-state index contributed by atoms with van der Waals surface area (Å²) in [5.74, 6) is -0.656. The Morgan fingerprint density at radius 1 is 0.900 bits per heavy atom. The normalized spacial score (nSPS) is 19.5. The van der Waals surface area contributed by atoms with Gasteiger partial charge in [0, 0.05) is 26.7 Å². The molecule has 2 N–H and O–H groups in total. The van der Waals surface area contributed by atoms with Crippen molar-refractivity contribution in [3.8, 4) is 0 Å². The Labute approximate surface area is 183 Å². The van der Waals surface area contributed by atoms with Crippen LogP contribution >= 0.6 is 23.2 Å². The Bertz CT molecular complexity index is 1100. The molecular weight excluding hydrogens is 421 g/mol. The maximum absolute atomic E-state index is 12.8. The summed E-state index contributed by atoms with van der Waals surface area (Å²) in [5, 5.41) is 3.98. The number of hydrazone groups is 1. The molecule has 150 valence electrons. The van der Waals surface area contributed by atoms with E-state index in [1.54, 1.807) is 41.1 Å². The average Bonchev–Trinajstić information content (AvgIpc) is 3.04. The summed E-state index contributed by atoms with van der Waals surface area (Å²) in [6, 6.07) is 22.1. The maximum Gasteiger partial charge on any atom is 0.304 e. The Morgan fingerprint density at radius 2 is 1.50 bits per heavy atom. The quantitative estimate of drug-likeness (QED) is 0.604. The van der Waals surface area contributed by atoms with E-state index >= 15 is 0 Å². The molecule has 0 spiro atoms. The van der Waals surface area contributed by atoms with E-state index in [-0.39, 0.29) is 11.8 Å². The molecule has 1 aliphatic heterocycles. The number of halogens is 2. The number of carbonyl (C=O) groups is 2. The molecule has 1 heterocycles. The van der Waals surface area contributed by atoms with Crippen LogP contribution in [0.25, 0.3) is 0 Å². The molecule has 0 aromatic heterocycles. The highest BCUT2D eigenvalue weighted by Crippen LogP contribution is 2.27. The van der Waals surface area contributed by atoms with Crippen molar-refractivity contribution in [2.75, 3.05) is 0 Å². The van der Waals surface area contributed by atoms with Gasteiger partial charge in [-0.05, 0) is 48.5 Å². The molecule has 2 amide bonds. The van der Waals surface area contributed by atoms with Crippen molar-refractivity contribution in [1.82, 2.24) is 10.7 Å². The van der Waals surface area contributed by atoms with Gasteiger partial charge in [-0.3, -0.25) is 9.59 Å². The number of rotatable bonds is 4. The van der Waals surface area contributed by atoms with E-state index < -0.39 is 12.1 Å². The number of carbonyl (C=O) groups excluding carboxylic acids is 2. The summed E-state index contributed by atoms with van der Waals surface area (Å²) in [4.78, 5) is 25.6. The molecule has 0 saturated carbocycles. The largest absolute Gasteiger partial charge is 0.334 e. The smallest absolute Gasteiger partial charge is 0.304 e. The van der Waals surface area contributed by atoms with Crippen LogP contribution in [0.3, 0.4) is 0 Å². The standard InChI is InChI=1S/C23H17Cl2N3O2/c24-18-10-6-16(7-11-18)21-20(26-22(29)17-8-12-19(25)13-9-17)23(30)27-28(21)14-15-4-2-1-3-5-15/h1-14,20-21H,(H-,26,27,29,30)/p+1/b28-14-/t20-,21-/m0/s1. The highest BCUT2D eigenvalue weighted by atomic mass is 35.5. The van der Waals surface area contributed by atoms with Crippen LogP contribution in [-0.4, -0.2) is 28.8 Å². The van der Waals surface area contributed by atoms with E-state index in [0.29, 0.717) is 15.6 Å². The van der Waals surface area contributed by atoms with E-state index in [0.717, 1.165) is 11.1 Å². The number of nitrogens with one attached hydrogen (secondary N) is 2. The Balaban J connectivity index is 1.69. The SMILES string of the molecule is O=C(N[C@@H]1C(=O)N/[N+](=C\c2ccccc2)[C@H]1c1ccc(Cl)cc1)c1ccc(Cl)cc1. The first-order valence-electron chi connectivity index (χ1n) is 9.32. The molecule has 1 fully saturated rings. The molecule has 30 heavy (non-hydrogen) atoms. The van der Waals surface area contributed by atoms with Gasteiger partial charge in [0.1, 0.15) is 0 Å². The van der Waals surface area contributed by atoms with Gasteiger partial charge in [0.25, 0.3) is 5.91 Å². The highest BCUT2D eigenvalue weighted by Gasteiger charge is 2.47. The van der Waals surface area contributed by atoms with Crippen molar-refractivity contribution in [3.63, 3.8) is 0 Å². The van der Waals surface area contributed by atoms with E-state index in [2.05, 4.69) is 10.7 Å². The first-order chi connectivity index (χ1) is 14.5. The summed E-state index contributed by atoms with van der Waals surface area (Å²) < 4.78 is 1.72. The first kappa shape index (κ1) is 20.1. The molecule has 0 bridgehead atoms. The number of hydrazine groups is 1. The lowest BCUT2D eigenvalue weighted by molar-refractivity contribution is -0.596. The molecule has 1 aliphatic rings. The van der Waals surface area contributed by atoms with Crippen LogP contribution in [0.4, 0.5) is 0 Å². The van der Waals surface area contributed by atoms with Crippen LogP contribution in [0.5, 0.6) is 0 Å². The molecule has 0 radical (unpaired) electrons. The fourth-order valence-corrected chi connectivity index (χ4v) is 3.62. The fraction of sp³-hybridized carbons (Fsp3) is 0.0870. The molecule has 2 atom stereocenters. The number of amides is 2. The zero-order valence-corrected chi connectivity index (χ0v) is 17.3. The number of nitrogens with zero attached hydrogens (tertiary/aromatic N) is 1. The molecule has 3 aromatic carbocycles. The first-order valence-corrected chi connectivity index (χ1v) is 10.1. The van der Waals surface area contributed by atoms with Gasteiger partial charge in [0.2, 0.25) is 12.3 Å². The summed E-state index contributed by atoms with van der Waals surface area (Å²) in [6.45, 7) is 0. The Hall–Kier alpha value is -3.15. The van der Waals surface area contributed by atoms with Crippen molar-refractivity contribution in [2.24, 2.45) is 0 Å². The van der Waals surface area contributed by atoms with Crippen LogP contribution in [0.1, 0.15) is 27.5 Å². The Kier molecular flexibility index (Phi) is 5.84. The van der Waals surface area contributed by atoms with Gasteiger partial charge in [0.05, 0.1) is 0 Å². The summed E-state index contributed by atoms with van der Waals surface area (Å²) in [7, 11) is 0. The third-order valence-corrected chi connectivity index (χ3v) is 5.33.